The molecule has 1 fully saturated rings. The van der Waals surface area contributed by atoms with Gasteiger partial charge in [0.25, 0.3) is 0 Å². The molecule has 3 N–H and O–H groups in total. The maximum absolute atomic E-state index is 11.2. The minimum atomic E-state index is -1.36. The predicted molar refractivity (Wildman–Crippen MR) is 82.6 cm³/mol. The second-order valence-corrected chi connectivity index (χ2v) is 5.92. The Labute approximate surface area is 137 Å². The van der Waals surface area contributed by atoms with Gasteiger partial charge in [-0.25, -0.2) is 0 Å². The van der Waals surface area contributed by atoms with Crippen molar-refractivity contribution in [1.82, 2.24) is 0 Å². The van der Waals surface area contributed by atoms with Gasteiger partial charge in [0.2, 0.25) is 0 Å². The second-order valence-electron chi connectivity index (χ2n) is 5.92. The molecule has 1 aliphatic heterocycles. The summed E-state index contributed by atoms with van der Waals surface area (Å²) in [6.07, 6.45) is 0.848. The summed E-state index contributed by atoms with van der Waals surface area (Å²) in [7, 11) is 0. The highest BCUT2D eigenvalue weighted by Gasteiger charge is 2.46. The van der Waals surface area contributed by atoms with Gasteiger partial charge in [-0.3, -0.25) is 4.79 Å². The van der Waals surface area contributed by atoms with Crippen molar-refractivity contribution in [2.24, 2.45) is 0 Å². The molecule has 0 saturated carbocycles. The number of hydrogen-bond acceptors (Lipinski definition) is 7. The normalized spacial score (nSPS) is 31.1. The molecule has 0 bridgehead atoms. The van der Waals surface area contributed by atoms with E-state index in [1.165, 1.54) is 26.2 Å². The zero-order chi connectivity index (χ0) is 17.2. The van der Waals surface area contributed by atoms with Gasteiger partial charge < -0.3 is 29.5 Å². The third kappa shape index (κ3) is 6.73. The Kier molecular flexibility index (Phi) is 9.66. The molecule has 1 rings (SSSR count). The number of hydrogen-bond donors (Lipinski definition) is 3. The summed E-state index contributed by atoms with van der Waals surface area (Å²) in [5.74, 6) is -0.597. The van der Waals surface area contributed by atoms with Crippen molar-refractivity contribution < 1.29 is 34.3 Å². The van der Waals surface area contributed by atoms with Crippen LogP contribution in [0.5, 0.6) is 0 Å². The second kappa shape index (κ2) is 10.9. The van der Waals surface area contributed by atoms with E-state index in [0.29, 0.717) is 6.61 Å². The van der Waals surface area contributed by atoms with Gasteiger partial charge >= 0.3 is 5.97 Å². The zero-order valence-electron chi connectivity index (χ0n) is 14.0. The molecule has 0 amide bonds. The van der Waals surface area contributed by atoms with Gasteiger partial charge in [0, 0.05) is 13.5 Å². The van der Waals surface area contributed by atoms with Crippen molar-refractivity contribution in [1.29, 1.82) is 0 Å². The lowest BCUT2D eigenvalue weighted by Crippen LogP contribution is -2.60. The highest BCUT2D eigenvalue weighted by Crippen LogP contribution is 2.25. The molecular formula is C16H30O7. The molecule has 7 nitrogen and oxygen atoms in total. The highest BCUT2D eigenvalue weighted by atomic mass is 16.7. The molecule has 0 unspecified atom stereocenters. The Morgan fingerprint density at radius 3 is 2.35 bits per heavy atom. The van der Waals surface area contributed by atoms with Crippen molar-refractivity contribution in [3.8, 4) is 0 Å². The van der Waals surface area contributed by atoms with Gasteiger partial charge in [0.05, 0.1) is 6.61 Å². The van der Waals surface area contributed by atoms with Crippen molar-refractivity contribution in [2.75, 3.05) is 13.2 Å². The van der Waals surface area contributed by atoms with E-state index in [1.54, 1.807) is 0 Å². The van der Waals surface area contributed by atoms with E-state index in [-0.39, 0.29) is 0 Å². The third-order valence-corrected chi connectivity index (χ3v) is 3.91. The Balaban J connectivity index is 2.45. The topological polar surface area (TPSA) is 105 Å². The Hall–Kier alpha value is -0.730. The molecule has 0 aromatic rings. The minimum Gasteiger partial charge on any atom is -0.454 e. The lowest BCUT2D eigenvalue weighted by Gasteiger charge is -2.41. The quantitative estimate of drug-likeness (QED) is 0.399. The average Bonchev–Trinajstić information content (AvgIpc) is 2.52. The smallest absolute Gasteiger partial charge is 0.303 e. The molecule has 136 valence electrons. The summed E-state index contributed by atoms with van der Waals surface area (Å²) in [4.78, 5) is 11.2. The van der Waals surface area contributed by atoms with Crippen LogP contribution in [0.2, 0.25) is 0 Å². The maximum atomic E-state index is 11.2. The molecule has 0 aromatic heterocycles. The molecule has 0 aliphatic carbocycles. The summed E-state index contributed by atoms with van der Waals surface area (Å²) < 4.78 is 16.0. The van der Waals surface area contributed by atoms with Crippen LogP contribution in [0.4, 0.5) is 0 Å². The van der Waals surface area contributed by atoms with Gasteiger partial charge in [0.15, 0.2) is 12.4 Å². The summed E-state index contributed by atoms with van der Waals surface area (Å²) in [6, 6.07) is 0. The Bertz CT molecular complexity index is 336. The summed E-state index contributed by atoms with van der Waals surface area (Å²) in [5, 5.41) is 29.1. The first kappa shape index (κ1) is 20.3. The van der Waals surface area contributed by atoms with E-state index in [4.69, 9.17) is 14.2 Å². The molecule has 23 heavy (non-hydrogen) atoms. The van der Waals surface area contributed by atoms with Crippen LogP contribution in [0.25, 0.3) is 0 Å². The van der Waals surface area contributed by atoms with E-state index in [2.05, 4.69) is 6.92 Å². The Morgan fingerprint density at radius 2 is 1.74 bits per heavy atom. The first-order valence-corrected chi connectivity index (χ1v) is 8.42. The maximum Gasteiger partial charge on any atom is 0.303 e. The van der Waals surface area contributed by atoms with Crippen molar-refractivity contribution >= 4 is 5.97 Å². The molecule has 5 atom stereocenters. The number of carbonyl (C=O) groups excluding carboxylic acids is 1. The molecule has 0 spiro atoms. The van der Waals surface area contributed by atoms with Gasteiger partial charge in [0.1, 0.15) is 18.3 Å². The zero-order valence-corrected chi connectivity index (χ0v) is 14.0. The first-order chi connectivity index (χ1) is 11.0. The van der Waals surface area contributed by atoms with Crippen LogP contribution < -0.4 is 0 Å². The van der Waals surface area contributed by atoms with Gasteiger partial charge in [-0.05, 0) is 6.42 Å². The van der Waals surface area contributed by atoms with Gasteiger partial charge in [-0.15, -0.1) is 0 Å². The largest absolute Gasteiger partial charge is 0.454 e. The fourth-order valence-corrected chi connectivity index (χ4v) is 2.59. The number of aliphatic hydroxyl groups excluding tert-OH is 3. The molecular weight excluding hydrogens is 304 g/mol. The lowest BCUT2D eigenvalue weighted by molar-refractivity contribution is -0.304. The van der Waals surface area contributed by atoms with Crippen LogP contribution >= 0.6 is 0 Å². The average molecular weight is 334 g/mol. The molecule has 0 radical (unpaired) electrons. The number of carbonyl (C=O) groups is 1. The van der Waals surface area contributed by atoms with E-state index >= 15 is 0 Å². The van der Waals surface area contributed by atoms with E-state index in [1.807, 2.05) is 0 Å². The van der Waals surface area contributed by atoms with Crippen LogP contribution in [-0.2, 0) is 19.0 Å². The van der Waals surface area contributed by atoms with E-state index < -0.39 is 43.3 Å². The lowest BCUT2D eigenvalue weighted by atomic mass is 9.99. The van der Waals surface area contributed by atoms with E-state index in [0.717, 1.165) is 19.3 Å². The first-order valence-electron chi connectivity index (χ1n) is 8.42. The number of esters is 1. The SMILES string of the molecule is CCCCCCCCO[C@H]1O[C@H](CO)[C@@H](O)[C@H](O)[C@@H]1OC(C)=O. The Morgan fingerprint density at radius 1 is 1.09 bits per heavy atom. The van der Waals surface area contributed by atoms with Crippen LogP contribution in [-0.4, -0.2) is 65.2 Å². The van der Waals surface area contributed by atoms with Crippen LogP contribution in [0.1, 0.15) is 52.4 Å². The summed E-state index contributed by atoms with van der Waals surface area (Å²) >= 11 is 0. The summed E-state index contributed by atoms with van der Waals surface area (Å²) in [5.41, 5.74) is 0. The van der Waals surface area contributed by atoms with Crippen LogP contribution in [0, 0.1) is 0 Å². The van der Waals surface area contributed by atoms with Gasteiger partial charge in [-0.1, -0.05) is 39.0 Å². The molecule has 0 aromatic carbocycles. The summed E-state index contributed by atoms with van der Waals surface area (Å²) in [6.45, 7) is 3.31. The number of unbranched alkanes of at least 4 members (excludes halogenated alkanes) is 5. The number of rotatable bonds is 10. The van der Waals surface area contributed by atoms with Crippen molar-refractivity contribution in [3.05, 3.63) is 0 Å². The molecule has 1 saturated heterocycles. The monoisotopic (exact) mass is 334 g/mol. The number of aliphatic hydroxyl groups is 3. The van der Waals surface area contributed by atoms with Gasteiger partial charge in [-0.2, -0.15) is 0 Å². The van der Waals surface area contributed by atoms with Crippen LogP contribution in [0.15, 0.2) is 0 Å². The van der Waals surface area contributed by atoms with E-state index in [9.17, 15) is 20.1 Å². The third-order valence-electron chi connectivity index (χ3n) is 3.91. The molecule has 1 heterocycles. The predicted octanol–water partition coefficient (Wildman–Crippen LogP) is 0.734. The van der Waals surface area contributed by atoms with Crippen molar-refractivity contribution in [2.45, 2.75) is 83.1 Å². The molecule has 1 aliphatic rings. The molecule has 7 heteroatoms. The highest BCUT2D eigenvalue weighted by molar-refractivity contribution is 5.66. The fraction of sp³-hybridized carbons (Fsp3) is 0.938. The minimum absolute atomic E-state index is 0.398. The number of ether oxygens (including phenoxy) is 3. The van der Waals surface area contributed by atoms with Crippen LogP contribution in [0.3, 0.4) is 0 Å². The standard InChI is InChI=1S/C16H30O7/c1-3-4-5-6-7-8-9-21-16-15(22-11(2)18)14(20)13(19)12(10-17)23-16/h12-17,19-20H,3-10H2,1-2H3/t12-,13-,14+,15+,16+/m1/s1. The van der Waals surface area contributed by atoms with Crippen molar-refractivity contribution in [3.63, 3.8) is 0 Å². The fourth-order valence-electron chi connectivity index (χ4n) is 2.59.